The van der Waals surface area contributed by atoms with Crippen LogP contribution in [0.4, 0.5) is 5.69 Å². The summed E-state index contributed by atoms with van der Waals surface area (Å²) in [4.78, 5) is 0. The monoisotopic (exact) mass is 297 g/mol. The molecule has 0 amide bonds. The Bertz CT molecular complexity index is 566. The van der Waals surface area contributed by atoms with Gasteiger partial charge >= 0.3 is 0 Å². The lowest BCUT2D eigenvalue weighted by molar-refractivity contribution is 0.525. The molecule has 0 spiro atoms. The summed E-state index contributed by atoms with van der Waals surface area (Å²) in [7, 11) is 0. The Balaban J connectivity index is 0.00000116. The van der Waals surface area contributed by atoms with Crippen molar-refractivity contribution in [2.75, 3.05) is 5.32 Å². The summed E-state index contributed by atoms with van der Waals surface area (Å²) in [6.45, 7) is 15.1. The molecular formula is C21H31N. The average Bonchev–Trinajstić information content (AvgIpc) is 2.46. The Labute approximate surface area is 136 Å². The zero-order valence-corrected chi connectivity index (χ0v) is 15.2. The van der Waals surface area contributed by atoms with Crippen LogP contribution in [0.3, 0.4) is 0 Å². The van der Waals surface area contributed by atoms with E-state index in [1.54, 1.807) is 0 Å². The molecule has 1 nitrogen and oxygen atoms in total. The Morgan fingerprint density at radius 2 is 1.50 bits per heavy atom. The van der Waals surface area contributed by atoms with Crippen LogP contribution in [0, 0.1) is 10.8 Å². The number of hydrogen-bond donors (Lipinski definition) is 1. The molecule has 1 aromatic rings. The standard InChI is InChI=1S/C19H25N.C2H6/c1-18(2,3)12-13-19(4,5)14-16-11-10-15-8-6-7-9-17(15)20-16;1-2/h6-14,20H,1-5H3;1-2H3/b13-12+,16-14+;. The van der Waals surface area contributed by atoms with E-state index in [1.807, 2.05) is 13.8 Å². The maximum absolute atomic E-state index is 3.49. The maximum atomic E-state index is 3.49. The van der Waals surface area contributed by atoms with Gasteiger partial charge in [0.2, 0.25) is 0 Å². The summed E-state index contributed by atoms with van der Waals surface area (Å²) in [5.74, 6) is 0. The summed E-state index contributed by atoms with van der Waals surface area (Å²) in [6.07, 6.45) is 11.2. The molecule has 1 aliphatic heterocycles. The van der Waals surface area contributed by atoms with E-state index in [-0.39, 0.29) is 10.8 Å². The fourth-order valence-corrected chi connectivity index (χ4v) is 2.13. The smallest absolute Gasteiger partial charge is 0.0457 e. The van der Waals surface area contributed by atoms with Crippen molar-refractivity contribution in [2.45, 2.75) is 48.5 Å². The van der Waals surface area contributed by atoms with Crippen molar-refractivity contribution in [3.8, 4) is 0 Å². The van der Waals surface area contributed by atoms with E-state index in [4.69, 9.17) is 0 Å². The zero-order chi connectivity index (χ0) is 16.8. The summed E-state index contributed by atoms with van der Waals surface area (Å²) < 4.78 is 0. The van der Waals surface area contributed by atoms with Crippen molar-refractivity contribution < 1.29 is 0 Å². The van der Waals surface area contributed by atoms with E-state index in [2.05, 4.69) is 94.6 Å². The van der Waals surface area contributed by atoms with Gasteiger partial charge in [0.15, 0.2) is 0 Å². The van der Waals surface area contributed by atoms with Crippen molar-refractivity contribution >= 4 is 11.8 Å². The molecule has 0 radical (unpaired) electrons. The SMILES string of the molecule is CC.CC(C)(C)/C=C/C(C)(C)/C=C1\C=Cc2ccccc2N1. The largest absolute Gasteiger partial charge is 0.355 e. The molecule has 1 aromatic carbocycles. The molecule has 0 saturated heterocycles. The number of para-hydroxylation sites is 1. The Kier molecular flexibility index (Phi) is 6.22. The number of nitrogens with one attached hydrogen (secondary N) is 1. The van der Waals surface area contributed by atoms with Crippen LogP contribution < -0.4 is 5.32 Å². The number of hydrogen-bond acceptors (Lipinski definition) is 1. The molecule has 2 rings (SSSR count). The summed E-state index contributed by atoms with van der Waals surface area (Å²) in [5, 5.41) is 3.49. The number of anilines is 1. The summed E-state index contributed by atoms with van der Waals surface area (Å²) in [6, 6.07) is 8.37. The van der Waals surface area contributed by atoms with Crippen LogP contribution in [0.2, 0.25) is 0 Å². The molecule has 120 valence electrons. The molecule has 1 aliphatic rings. The van der Waals surface area contributed by atoms with E-state index >= 15 is 0 Å². The van der Waals surface area contributed by atoms with E-state index < -0.39 is 0 Å². The van der Waals surface area contributed by atoms with Gasteiger partial charge in [-0.25, -0.2) is 0 Å². The first-order valence-electron chi connectivity index (χ1n) is 8.23. The maximum Gasteiger partial charge on any atom is 0.0457 e. The van der Waals surface area contributed by atoms with Gasteiger partial charge in [-0.1, -0.05) is 91.0 Å². The fraction of sp³-hybridized carbons (Fsp3) is 0.429. The minimum Gasteiger partial charge on any atom is -0.355 e. The highest BCUT2D eigenvalue weighted by Crippen LogP contribution is 2.29. The van der Waals surface area contributed by atoms with Crippen molar-refractivity contribution in [3.63, 3.8) is 0 Å². The third-order valence-corrected chi connectivity index (χ3v) is 3.22. The lowest BCUT2D eigenvalue weighted by Crippen LogP contribution is -2.11. The van der Waals surface area contributed by atoms with E-state index in [0.717, 1.165) is 5.70 Å². The van der Waals surface area contributed by atoms with Crippen LogP contribution in [-0.2, 0) is 0 Å². The topological polar surface area (TPSA) is 12.0 Å². The van der Waals surface area contributed by atoms with Gasteiger partial charge in [0.1, 0.15) is 0 Å². The molecule has 0 saturated carbocycles. The lowest BCUT2D eigenvalue weighted by Gasteiger charge is -2.22. The van der Waals surface area contributed by atoms with E-state index in [0.29, 0.717) is 0 Å². The van der Waals surface area contributed by atoms with Crippen molar-refractivity contribution in [1.82, 2.24) is 0 Å². The number of fused-ring (bicyclic) bond motifs is 1. The molecule has 0 aromatic heterocycles. The number of benzene rings is 1. The Morgan fingerprint density at radius 3 is 2.14 bits per heavy atom. The van der Waals surface area contributed by atoms with Crippen LogP contribution in [0.25, 0.3) is 6.08 Å². The molecular weight excluding hydrogens is 266 g/mol. The minimum absolute atomic E-state index is 0.0340. The normalized spacial score (nSPS) is 16.0. The van der Waals surface area contributed by atoms with Crippen LogP contribution in [0.1, 0.15) is 54.0 Å². The average molecular weight is 297 g/mol. The van der Waals surface area contributed by atoms with Crippen molar-refractivity contribution in [3.05, 3.63) is 59.8 Å². The second-order valence-electron chi connectivity index (χ2n) is 7.17. The second kappa shape index (κ2) is 7.49. The van der Waals surface area contributed by atoms with Crippen LogP contribution >= 0.6 is 0 Å². The van der Waals surface area contributed by atoms with Gasteiger partial charge in [-0.2, -0.15) is 0 Å². The highest BCUT2D eigenvalue weighted by atomic mass is 14.9. The molecule has 1 heteroatoms. The molecule has 0 fully saturated rings. The first-order chi connectivity index (χ1) is 10.3. The zero-order valence-electron chi connectivity index (χ0n) is 15.2. The van der Waals surface area contributed by atoms with Crippen LogP contribution in [0.15, 0.2) is 54.3 Å². The van der Waals surface area contributed by atoms with Gasteiger partial charge < -0.3 is 5.32 Å². The van der Waals surface area contributed by atoms with Crippen molar-refractivity contribution in [2.24, 2.45) is 10.8 Å². The van der Waals surface area contributed by atoms with Crippen molar-refractivity contribution in [1.29, 1.82) is 0 Å². The highest BCUT2D eigenvalue weighted by Gasteiger charge is 2.15. The number of rotatable bonds is 2. The van der Waals surface area contributed by atoms with Gasteiger partial charge in [-0.3, -0.25) is 0 Å². The summed E-state index contributed by atoms with van der Waals surface area (Å²) >= 11 is 0. The molecule has 0 aliphatic carbocycles. The Morgan fingerprint density at radius 1 is 0.864 bits per heavy atom. The predicted octanol–water partition coefficient (Wildman–Crippen LogP) is 6.66. The molecule has 1 heterocycles. The number of allylic oxidation sites excluding steroid dienone is 4. The van der Waals surface area contributed by atoms with Gasteiger partial charge in [-0.15, -0.1) is 0 Å². The van der Waals surface area contributed by atoms with Gasteiger partial charge in [-0.05, 0) is 23.1 Å². The quantitative estimate of drug-likeness (QED) is 0.601. The Hall–Kier alpha value is -1.76. The van der Waals surface area contributed by atoms with Gasteiger partial charge in [0.25, 0.3) is 0 Å². The molecule has 22 heavy (non-hydrogen) atoms. The predicted molar refractivity (Wildman–Crippen MR) is 101 cm³/mol. The second-order valence-corrected chi connectivity index (χ2v) is 7.17. The molecule has 0 atom stereocenters. The minimum atomic E-state index is 0.0340. The molecule has 0 unspecified atom stereocenters. The fourth-order valence-electron chi connectivity index (χ4n) is 2.13. The van der Waals surface area contributed by atoms with Crippen LogP contribution in [-0.4, -0.2) is 0 Å². The van der Waals surface area contributed by atoms with E-state index in [1.165, 1.54) is 11.3 Å². The summed E-state index contributed by atoms with van der Waals surface area (Å²) in [5.41, 5.74) is 3.83. The van der Waals surface area contributed by atoms with Gasteiger partial charge in [0.05, 0.1) is 0 Å². The van der Waals surface area contributed by atoms with E-state index in [9.17, 15) is 0 Å². The molecule has 0 bridgehead atoms. The molecule has 1 N–H and O–H groups in total. The van der Waals surface area contributed by atoms with Gasteiger partial charge in [0, 0.05) is 16.8 Å². The highest BCUT2D eigenvalue weighted by molar-refractivity contribution is 5.74. The first-order valence-corrected chi connectivity index (χ1v) is 8.23. The van der Waals surface area contributed by atoms with Crippen LogP contribution in [0.5, 0.6) is 0 Å². The lowest BCUT2D eigenvalue weighted by atomic mass is 9.86. The third kappa shape index (κ3) is 5.93. The third-order valence-electron chi connectivity index (χ3n) is 3.22. The first kappa shape index (κ1) is 18.3.